The second kappa shape index (κ2) is 15.2. The van der Waals surface area contributed by atoms with Crippen LogP contribution in [-0.4, -0.2) is 22.1 Å². The lowest BCUT2D eigenvalue weighted by Gasteiger charge is -2.05. The van der Waals surface area contributed by atoms with Crippen molar-refractivity contribution in [3.8, 4) is 0 Å². The Kier molecular flexibility index (Phi) is 13.1. The molecular formula is C20H36N2O2. The highest BCUT2D eigenvalue weighted by atomic mass is 16.5. The Hall–Kier alpha value is -1.32. The van der Waals surface area contributed by atoms with Gasteiger partial charge in [-0.15, -0.1) is 0 Å². The van der Waals surface area contributed by atoms with Crippen molar-refractivity contribution in [2.75, 3.05) is 6.61 Å². The summed E-state index contributed by atoms with van der Waals surface area (Å²) < 4.78 is 7.15. The molecule has 0 unspecified atom stereocenters. The highest BCUT2D eigenvalue weighted by Gasteiger charge is 2.02. The summed E-state index contributed by atoms with van der Waals surface area (Å²) in [5.74, 6) is -0.105. The Balaban J connectivity index is 1.76. The molecule has 0 fully saturated rings. The van der Waals surface area contributed by atoms with Gasteiger partial charge in [-0.3, -0.25) is 4.79 Å². The molecule has 0 aliphatic carbocycles. The molecule has 4 nitrogen and oxygen atoms in total. The van der Waals surface area contributed by atoms with E-state index in [4.69, 9.17) is 4.74 Å². The minimum Gasteiger partial charge on any atom is -0.466 e. The molecule has 0 aliphatic heterocycles. The summed E-state index contributed by atoms with van der Waals surface area (Å²) in [5.41, 5.74) is 0. The van der Waals surface area contributed by atoms with E-state index in [-0.39, 0.29) is 5.97 Å². The average molecular weight is 337 g/mol. The molecule has 0 N–H and O–H groups in total. The zero-order chi connectivity index (χ0) is 17.3. The van der Waals surface area contributed by atoms with E-state index in [0.29, 0.717) is 19.6 Å². The van der Waals surface area contributed by atoms with Gasteiger partial charge in [0.1, 0.15) is 0 Å². The number of carbonyl (C=O) groups excluding carboxylic acids is 1. The second-order valence-corrected chi connectivity index (χ2v) is 6.66. The fraction of sp³-hybridized carbons (Fsp3) is 0.800. The molecule has 1 aromatic heterocycles. The lowest BCUT2D eigenvalue weighted by molar-refractivity contribution is -0.144. The van der Waals surface area contributed by atoms with Gasteiger partial charge in [0, 0.05) is 18.9 Å². The minimum atomic E-state index is -0.105. The van der Waals surface area contributed by atoms with Gasteiger partial charge in [0.15, 0.2) is 0 Å². The van der Waals surface area contributed by atoms with Crippen LogP contribution in [0.1, 0.15) is 90.4 Å². The number of rotatable bonds is 16. The van der Waals surface area contributed by atoms with Gasteiger partial charge in [-0.25, -0.2) is 4.98 Å². The lowest BCUT2D eigenvalue weighted by Crippen LogP contribution is -2.09. The van der Waals surface area contributed by atoms with E-state index in [1.807, 2.05) is 10.8 Å². The average Bonchev–Trinajstić information content (AvgIpc) is 3.10. The summed E-state index contributed by atoms with van der Waals surface area (Å²) >= 11 is 0. The zero-order valence-corrected chi connectivity index (χ0v) is 15.5. The predicted molar refractivity (Wildman–Crippen MR) is 98.9 cm³/mol. The number of ether oxygens (including phenoxy) is 1. The molecule has 24 heavy (non-hydrogen) atoms. The zero-order valence-electron chi connectivity index (χ0n) is 15.5. The Morgan fingerprint density at radius 1 is 0.917 bits per heavy atom. The van der Waals surface area contributed by atoms with Crippen LogP contribution in [0.5, 0.6) is 0 Å². The highest BCUT2D eigenvalue weighted by molar-refractivity contribution is 5.69. The Morgan fingerprint density at radius 3 is 2.04 bits per heavy atom. The molecule has 138 valence electrons. The fourth-order valence-corrected chi connectivity index (χ4v) is 2.84. The SMILES string of the molecule is CCCCCCCCCCCCCCOC(=O)CCn1ccnc1. The van der Waals surface area contributed by atoms with Gasteiger partial charge in [-0.1, -0.05) is 77.6 Å². The molecule has 1 rings (SSSR count). The quantitative estimate of drug-likeness (QED) is 0.295. The molecular weight excluding hydrogens is 300 g/mol. The summed E-state index contributed by atoms with van der Waals surface area (Å²) in [6, 6.07) is 0. The summed E-state index contributed by atoms with van der Waals surface area (Å²) in [6.07, 6.45) is 21.6. The minimum absolute atomic E-state index is 0.105. The first-order valence-electron chi connectivity index (χ1n) is 9.94. The molecule has 0 saturated heterocycles. The van der Waals surface area contributed by atoms with Gasteiger partial charge in [0.2, 0.25) is 0 Å². The topological polar surface area (TPSA) is 44.1 Å². The van der Waals surface area contributed by atoms with Gasteiger partial charge in [-0.05, 0) is 6.42 Å². The van der Waals surface area contributed by atoms with Crippen molar-refractivity contribution < 1.29 is 9.53 Å². The normalized spacial score (nSPS) is 10.9. The predicted octanol–water partition coefficient (Wildman–Crippen LogP) is 5.52. The Labute approximate surface area is 148 Å². The van der Waals surface area contributed by atoms with Crippen LogP contribution in [0.4, 0.5) is 0 Å². The van der Waals surface area contributed by atoms with E-state index in [0.717, 1.165) is 6.42 Å². The number of hydrogen-bond acceptors (Lipinski definition) is 3. The number of nitrogens with zero attached hydrogens (tertiary/aromatic N) is 2. The largest absolute Gasteiger partial charge is 0.466 e. The maximum Gasteiger partial charge on any atom is 0.307 e. The number of unbranched alkanes of at least 4 members (excludes halogenated alkanes) is 11. The lowest BCUT2D eigenvalue weighted by atomic mass is 10.1. The van der Waals surface area contributed by atoms with Crippen LogP contribution in [0.25, 0.3) is 0 Å². The van der Waals surface area contributed by atoms with Crippen molar-refractivity contribution in [1.29, 1.82) is 0 Å². The Morgan fingerprint density at radius 2 is 1.50 bits per heavy atom. The molecule has 1 aromatic rings. The number of aryl methyl sites for hydroxylation is 1. The first-order chi connectivity index (χ1) is 11.8. The third-order valence-electron chi connectivity index (χ3n) is 4.39. The highest BCUT2D eigenvalue weighted by Crippen LogP contribution is 2.11. The van der Waals surface area contributed by atoms with Crippen LogP contribution < -0.4 is 0 Å². The third kappa shape index (κ3) is 12.1. The standard InChI is InChI=1S/C20H36N2O2/c1-2-3-4-5-6-7-8-9-10-11-12-13-18-24-20(23)14-16-22-17-15-21-19-22/h15,17,19H,2-14,16,18H2,1H3. The van der Waals surface area contributed by atoms with Crippen molar-refractivity contribution in [3.05, 3.63) is 18.7 Å². The molecule has 0 bridgehead atoms. The van der Waals surface area contributed by atoms with E-state index in [1.54, 1.807) is 12.5 Å². The number of hydrogen-bond donors (Lipinski definition) is 0. The van der Waals surface area contributed by atoms with Crippen molar-refractivity contribution in [2.24, 2.45) is 0 Å². The van der Waals surface area contributed by atoms with Crippen molar-refractivity contribution in [2.45, 2.75) is 96.9 Å². The van der Waals surface area contributed by atoms with Gasteiger partial charge in [-0.2, -0.15) is 0 Å². The first-order valence-corrected chi connectivity index (χ1v) is 9.94. The number of esters is 1. The van der Waals surface area contributed by atoms with E-state index in [9.17, 15) is 4.79 Å². The molecule has 0 saturated carbocycles. The van der Waals surface area contributed by atoms with Crippen LogP contribution in [0.3, 0.4) is 0 Å². The third-order valence-corrected chi connectivity index (χ3v) is 4.39. The molecule has 4 heteroatoms. The number of carbonyl (C=O) groups is 1. The first kappa shape index (κ1) is 20.7. The fourth-order valence-electron chi connectivity index (χ4n) is 2.84. The second-order valence-electron chi connectivity index (χ2n) is 6.66. The van der Waals surface area contributed by atoms with E-state index < -0.39 is 0 Å². The van der Waals surface area contributed by atoms with E-state index >= 15 is 0 Å². The summed E-state index contributed by atoms with van der Waals surface area (Å²) in [4.78, 5) is 15.5. The molecule has 0 aromatic carbocycles. The van der Waals surface area contributed by atoms with Gasteiger partial charge >= 0.3 is 5.97 Å². The van der Waals surface area contributed by atoms with Crippen LogP contribution in [0, 0.1) is 0 Å². The smallest absolute Gasteiger partial charge is 0.307 e. The van der Waals surface area contributed by atoms with Crippen LogP contribution >= 0.6 is 0 Å². The van der Waals surface area contributed by atoms with Crippen LogP contribution in [0.2, 0.25) is 0 Å². The molecule has 0 spiro atoms. The summed E-state index contributed by atoms with van der Waals surface area (Å²) in [6.45, 7) is 3.49. The molecule has 0 aliphatic rings. The molecule has 0 radical (unpaired) electrons. The molecule has 1 heterocycles. The van der Waals surface area contributed by atoms with E-state index in [2.05, 4.69) is 11.9 Å². The van der Waals surface area contributed by atoms with Crippen molar-refractivity contribution in [1.82, 2.24) is 9.55 Å². The van der Waals surface area contributed by atoms with Crippen LogP contribution in [0.15, 0.2) is 18.7 Å². The van der Waals surface area contributed by atoms with Gasteiger partial charge in [0.05, 0.1) is 19.4 Å². The van der Waals surface area contributed by atoms with E-state index in [1.165, 1.54) is 70.6 Å². The van der Waals surface area contributed by atoms with Crippen LogP contribution in [-0.2, 0) is 16.1 Å². The maximum atomic E-state index is 11.6. The summed E-state index contributed by atoms with van der Waals surface area (Å²) in [5, 5.41) is 0. The maximum absolute atomic E-state index is 11.6. The molecule has 0 atom stereocenters. The Bertz CT molecular complexity index is 390. The monoisotopic (exact) mass is 336 g/mol. The van der Waals surface area contributed by atoms with Gasteiger partial charge in [0.25, 0.3) is 0 Å². The molecule has 0 amide bonds. The number of aromatic nitrogens is 2. The summed E-state index contributed by atoms with van der Waals surface area (Å²) in [7, 11) is 0. The van der Waals surface area contributed by atoms with Gasteiger partial charge < -0.3 is 9.30 Å². The van der Waals surface area contributed by atoms with Crippen molar-refractivity contribution >= 4 is 5.97 Å². The number of imidazole rings is 1. The van der Waals surface area contributed by atoms with Crippen molar-refractivity contribution in [3.63, 3.8) is 0 Å².